The Morgan fingerprint density at radius 1 is 1.21 bits per heavy atom. The number of carbonyl (C=O) groups excluding carboxylic acids is 1. The molecule has 0 unspecified atom stereocenters. The molecule has 5 nitrogen and oxygen atoms in total. The lowest BCUT2D eigenvalue weighted by atomic mass is 9.59. The Morgan fingerprint density at radius 3 is 2.79 bits per heavy atom. The number of amides is 1. The van der Waals surface area contributed by atoms with Crippen LogP contribution in [0, 0.1) is 22.7 Å². The first-order valence-electron chi connectivity index (χ1n) is 10.3. The van der Waals surface area contributed by atoms with Crippen molar-refractivity contribution in [3.05, 3.63) is 60.2 Å². The van der Waals surface area contributed by atoms with Gasteiger partial charge in [-0.1, -0.05) is 44.2 Å². The van der Waals surface area contributed by atoms with E-state index in [9.17, 15) is 4.79 Å². The lowest BCUT2D eigenvalue weighted by Crippen LogP contribution is -2.59. The van der Waals surface area contributed by atoms with Gasteiger partial charge in [-0.25, -0.2) is 4.98 Å². The van der Waals surface area contributed by atoms with Gasteiger partial charge < -0.3 is 10.1 Å². The summed E-state index contributed by atoms with van der Waals surface area (Å²) < 4.78 is 6.30. The van der Waals surface area contributed by atoms with Crippen molar-refractivity contribution in [2.24, 2.45) is 22.7 Å². The van der Waals surface area contributed by atoms with Crippen molar-refractivity contribution in [2.75, 3.05) is 6.61 Å². The second-order valence-corrected chi connectivity index (χ2v) is 9.25. The fraction of sp³-hybridized carbons (Fsp3) is 0.522. The molecule has 2 bridgehead atoms. The second kappa shape index (κ2) is 6.38. The molecule has 1 aliphatic heterocycles. The average Bonchev–Trinajstić information content (AvgIpc) is 3.21. The normalized spacial score (nSPS) is 35.4. The van der Waals surface area contributed by atoms with Crippen LogP contribution in [-0.4, -0.2) is 28.5 Å². The molecule has 1 saturated heterocycles. The van der Waals surface area contributed by atoms with Gasteiger partial charge in [-0.15, -0.1) is 0 Å². The lowest BCUT2D eigenvalue weighted by Gasteiger charge is -2.53. The number of aromatic nitrogens is 2. The zero-order valence-electron chi connectivity index (χ0n) is 16.5. The highest BCUT2D eigenvalue weighted by atomic mass is 16.5. The Hall–Kier alpha value is -2.27. The van der Waals surface area contributed by atoms with Crippen LogP contribution in [0.1, 0.15) is 55.3 Å². The van der Waals surface area contributed by atoms with Gasteiger partial charge in [0.15, 0.2) is 0 Å². The lowest BCUT2D eigenvalue weighted by molar-refractivity contribution is -0.120. The number of fused-ring (bicyclic) bond motifs is 1. The van der Waals surface area contributed by atoms with Gasteiger partial charge in [0.2, 0.25) is 0 Å². The summed E-state index contributed by atoms with van der Waals surface area (Å²) >= 11 is 0. The summed E-state index contributed by atoms with van der Waals surface area (Å²) in [6.45, 7) is 5.38. The third-order valence-corrected chi connectivity index (χ3v) is 7.70. The molecule has 1 aromatic heterocycles. The summed E-state index contributed by atoms with van der Waals surface area (Å²) in [6, 6.07) is 10.7. The highest BCUT2D eigenvalue weighted by Crippen LogP contribution is 2.70. The minimum absolute atomic E-state index is 0.0624. The van der Waals surface area contributed by atoms with Gasteiger partial charge in [-0.3, -0.25) is 9.78 Å². The summed E-state index contributed by atoms with van der Waals surface area (Å²) in [4.78, 5) is 21.2. The predicted molar refractivity (Wildman–Crippen MR) is 105 cm³/mol. The minimum Gasteiger partial charge on any atom is -0.373 e. The largest absolute Gasteiger partial charge is 0.373 e. The number of nitrogens with one attached hydrogen (secondary N) is 1. The molecule has 1 amide bonds. The number of ether oxygens (including phenoxy) is 1. The summed E-state index contributed by atoms with van der Waals surface area (Å²) in [6.07, 6.45) is 8.17. The quantitative estimate of drug-likeness (QED) is 0.884. The number of nitrogens with zero attached hydrogens (tertiary/aromatic N) is 2. The van der Waals surface area contributed by atoms with Gasteiger partial charge in [0.05, 0.1) is 12.3 Å². The molecule has 2 heterocycles. The van der Waals surface area contributed by atoms with Gasteiger partial charge in [-0.05, 0) is 47.5 Å². The molecule has 5 rings (SSSR count). The molecule has 1 spiro atoms. The van der Waals surface area contributed by atoms with E-state index in [2.05, 4.69) is 59.5 Å². The van der Waals surface area contributed by atoms with Crippen LogP contribution < -0.4 is 5.32 Å². The Morgan fingerprint density at radius 2 is 2.04 bits per heavy atom. The van der Waals surface area contributed by atoms with Crippen LogP contribution in [0.4, 0.5) is 0 Å². The van der Waals surface area contributed by atoms with E-state index < -0.39 is 0 Å². The molecule has 5 atom stereocenters. The molecule has 3 fully saturated rings. The Bertz CT molecular complexity index is 870. The Balaban J connectivity index is 1.48. The maximum Gasteiger partial charge on any atom is 0.271 e. The van der Waals surface area contributed by atoms with E-state index in [4.69, 9.17) is 4.74 Å². The number of carbonyl (C=O) groups is 1. The summed E-state index contributed by atoms with van der Waals surface area (Å²) in [5.74, 6) is 0.918. The second-order valence-electron chi connectivity index (χ2n) is 9.25. The van der Waals surface area contributed by atoms with E-state index in [0.717, 1.165) is 13.0 Å². The molecule has 1 aromatic carbocycles. The first-order chi connectivity index (χ1) is 13.5. The van der Waals surface area contributed by atoms with Crippen LogP contribution in [0.3, 0.4) is 0 Å². The Labute approximate surface area is 165 Å². The first kappa shape index (κ1) is 17.8. The summed E-state index contributed by atoms with van der Waals surface area (Å²) in [7, 11) is 0. The molecular formula is C23H27N3O2. The molecule has 5 heteroatoms. The molecule has 2 aromatic rings. The van der Waals surface area contributed by atoms with Crippen LogP contribution in [0.5, 0.6) is 0 Å². The van der Waals surface area contributed by atoms with E-state index in [1.807, 2.05) is 0 Å². The maximum atomic E-state index is 12.9. The average molecular weight is 377 g/mol. The predicted octanol–water partition coefficient (Wildman–Crippen LogP) is 3.79. The molecule has 0 radical (unpaired) electrons. The van der Waals surface area contributed by atoms with Gasteiger partial charge >= 0.3 is 0 Å². The number of rotatable bonds is 3. The van der Waals surface area contributed by atoms with E-state index in [1.54, 1.807) is 18.6 Å². The fourth-order valence-corrected chi connectivity index (χ4v) is 6.38. The van der Waals surface area contributed by atoms with Crippen LogP contribution >= 0.6 is 0 Å². The van der Waals surface area contributed by atoms with Crippen LogP contribution in [0.15, 0.2) is 48.9 Å². The molecule has 2 saturated carbocycles. The van der Waals surface area contributed by atoms with Crippen LogP contribution in [0.25, 0.3) is 0 Å². The van der Waals surface area contributed by atoms with Crippen molar-refractivity contribution in [1.29, 1.82) is 0 Å². The molecular weight excluding hydrogens is 350 g/mol. The van der Waals surface area contributed by atoms with Gasteiger partial charge in [0.1, 0.15) is 5.69 Å². The third kappa shape index (κ3) is 2.52. The highest BCUT2D eigenvalue weighted by molar-refractivity contribution is 5.92. The highest BCUT2D eigenvalue weighted by Gasteiger charge is 2.68. The smallest absolute Gasteiger partial charge is 0.271 e. The summed E-state index contributed by atoms with van der Waals surface area (Å²) in [5, 5.41) is 3.38. The SMILES string of the molecule is CC1(C)[C@@H]2C[C@@H]3[C@@H](c4ccccc4)OCC[C@]3(C2)[C@H]1NC(=O)c1cnccn1. The molecule has 2 aliphatic carbocycles. The Kier molecular flexibility index (Phi) is 4.05. The molecule has 146 valence electrons. The topological polar surface area (TPSA) is 64.1 Å². The van der Waals surface area contributed by atoms with Crippen molar-refractivity contribution in [3.8, 4) is 0 Å². The van der Waals surface area contributed by atoms with E-state index in [1.165, 1.54) is 18.4 Å². The van der Waals surface area contributed by atoms with Crippen molar-refractivity contribution in [3.63, 3.8) is 0 Å². The molecule has 28 heavy (non-hydrogen) atoms. The minimum atomic E-state index is -0.116. The van der Waals surface area contributed by atoms with Crippen molar-refractivity contribution >= 4 is 5.91 Å². The number of hydrogen-bond acceptors (Lipinski definition) is 4. The van der Waals surface area contributed by atoms with Gasteiger partial charge in [-0.2, -0.15) is 0 Å². The van der Waals surface area contributed by atoms with Crippen LogP contribution in [-0.2, 0) is 4.74 Å². The third-order valence-electron chi connectivity index (χ3n) is 7.70. The van der Waals surface area contributed by atoms with Gasteiger partial charge in [0.25, 0.3) is 5.91 Å². The van der Waals surface area contributed by atoms with E-state index in [-0.39, 0.29) is 28.9 Å². The number of hydrogen-bond donors (Lipinski definition) is 1. The van der Waals surface area contributed by atoms with E-state index in [0.29, 0.717) is 17.5 Å². The molecule has 3 aliphatic rings. The summed E-state index contributed by atoms with van der Waals surface area (Å²) in [5.41, 5.74) is 1.80. The van der Waals surface area contributed by atoms with E-state index >= 15 is 0 Å². The molecule has 1 N–H and O–H groups in total. The number of benzene rings is 1. The van der Waals surface area contributed by atoms with Crippen LogP contribution in [0.2, 0.25) is 0 Å². The van der Waals surface area contributed by atoms with Crippen molar-refractivity contribution in [1.82, 2.24) is 15.3 Å². The standard InChI is InChI=1S/C23H27N3O2/c1-22(2)16-12-17-19(15-6-4-3-5-7-15)28-11-8-23(17,13-16)21(22)26-20(27)18-14-24-9-10-25-18/h3-7,9-10,14,16-17,19,21H,8,11-13H2,1-2H3,(H,26,27)/t16-,17-,19-,21+,23-/m1/s1. The van der Waals surface area contributed by atoms with Gasteiger partial charge in [0, 0.05) is 25.0 Å². The van der Waals surface area contributed by atoms with Crippen molar-refractivity contribution < 1.29 is 9.53 Å². The zero-order valence-corrected chi connectivity index (χ0v) is 16.5. The fourth-order valence-electron chi connectivity index (χ4n) is 6.38. The van der Waals surface area contributed by atoms with Crippen molar-refractivity contribution in [2.45, 2.75) is 45.3 Å². The first-order valence-corrected chi connectivity index (χ1v) is 10.3. The monoisotopic (exact) mass is 377 g/mol. The maximum absolute atomic E-state index is 12.9. The zero-order chi connectivity index (χ0) is 19.4.